The lowest BCUT2D eigenvalue weighted by Gasteiger charge is -2.41. The van der Waals surface area contributed by atoms with Gasteiger partial charge in [0, 0.05) is 30.9 Å². The minimum atomic E-state index is 0.169. The van der Waals surface area contributed by atoms with Gasteiger partial charge in [0.1, 0.15) is 11.6 Å². The van der Waals surface area contributed by atoms with Crippen molar-refractivity contribution in [2.24, 2.45) is 0 Å². The van der Waals surface area contributed by atoms with Crippen LogP contribution in [-0.2, 0) is 11.8 Å². The third-order valence-electron chi connectivity index (χ3n) is 4.97. The fraction of sp³-hybridized carbons (Fsp3) is 0.471. The van der Waals surface area contributed by atoms with E-state index in [9.17, 15) is 0 Å². The molecule has 114 valence electrons. The van der Waals surface area contributed by atoms with E-state index in [1.54, 1.807) is 6.20 Å². The summed E-state index contributed by atoms with van der Waals surface area (Å²) in [5.74, 6) is 1.89. The lowest BCUT2D eigenvalue weighted by molar-refractivity contribution is 0.333. The molecule has 1 fully saturated rings. The number of piperidine rings is 1. The molecule has 4 rings (SSSR count). The molecule has 2 aromatic rings. The number of halogens is 1. The summed E-state index contributed by atoms with van der Waals surface area (Å²) in [5.41, 5.74) is 2.78. The number of hydrogen-bond donors (Lipinski definition) is 0. The zero-order valence-corrected chi connectivity index (χ0v) is 13.5. The molecule has 4 nitrogen and oxygen atoms in total. The second-order valence-electron chi connectivity index (χ2n) is 6.43. The first kappa shape index (κ1) is 13.9. The van der Waals surface area contributed by atoms with Gasteiger partial charge in [0.15, 0.2) is 0 Å². The Kier molecular flexibility index (Phi) is 3.30. The highest BCUT2D eigenvalue weighted by Crippen LogP contribution is 2.44. The molecule has 0 N–H and O–H groups in total. The van der Waals surface area contributed by atoms with E-state index in [0.717, 1.165) is 31.2 Å². The maximum atomic E-state index is 5.96. The summed E-state index contributed by atoms with van der Waals surface area (Å²) in [7, 11) is 0. The van der Waals surface area contributed by atoms with Crippen LogP contribution in [0, 0.1) is 6.92 Å². The highest BCUT2D eigenvalue weighted by atomic mass is 35.5. The minimum Gasteiger partial charge on any atom is -0.356 e. The van der Waals surface area contributed by atoms with Gasteiger partial charge < -0.3 is 4.90 Å². The topological polar surface area (TPSA) is 41.9 Å². The molecule has 22 heavy (non-hydrogen) atoms. The van der Waals surface area contributed by atoms with Crippen LogP contribution in [0.3, 0.4) is 0 Å². The molecule has 0 saturated carbocycles. The van der Waals surface area contributed by atoms with Gasteiger partial charge in [-0.1, -0.05) is 11.6 Å². The molecular formula is C17H19ClN4. The fourth-order valence-electron chi connectivity index (χ4n) is 3.91. The van der Waals surface area contributed by atoms with Crippen LogP contribution in [0.25, 0.3) is 0 Å². The van der Waals surface area contributed by atoms with E-state index in [1.807, 2.05) is 25.3 Å². The van der Waals surface area contributed by atoms with Crippen molar-refractivity contribution in [3.8, 4) is 0 Å². The first-order valence-electron chi connectivity index (χ1n) is 7.86. The average Bonchev–Trinajstić information content (AvgIpc) is 2.86. The minimum absolute atomic E-state index is 0.169. The van der Waals surface area contributed by atoms with Crippen LogP contribution in [0.5, 0.6) is 0 Å². The van der Waals surface area contributed by atoms with Crippen molar-refractivity contribution in [2.45, 2.75) is 38.0 Å². The van der Waals surface area contributed by atoms with Gasteiger partial charge in [-0.05, 0) is 50.3 Å². The molecule has 0 amide bonds. The third-order valence-corrected chi connectivity index (χ3v) is 5.20. The molecule has 3 heterocycles. The number of nitrogens with zero attached hydrogens (tertiary/aromatic N) is 4. The van der Waals surface area contributed by atoms with Crippen molar-refractivity contribution in [3.05, 3.63) is 46.6 Å². The SMILES string of the molecule is Cc1ncc2c(n1)C1(CCCN(c3ccc(Cl)cn3)C1)CC2. The molecule has 2 aromatic heterocycles. The van der Waals surface area contributed by atoms with Crippen molar-refractivity contribution < 1.29 is 0 Å². The van der Waals surface area contributed by atoms with Crippen LogP contribution >= 0.6 is 11.6 Å². The van der Waals surface area contributed by atoms with Gasteiger partial charge in [0.05, 0.1) is 10.7 Å². The Hall–Kier alpha value is -1.68. The molecule has 1 aliphatic heterocycles. The van der Waals surface area contributed by atoms with Gasteiger partial charge in [0.25, 0.3) is 0 Å². The van der Waals surface area contributed by atoms with E-state index in [2.05, 4.69) is 14.9 Å². The van der Waals surface area contributed by atoms with Crippen LogP contribution in [0.1, 0.15) is 36.3 Å². The van der Waals surface area contributed by atoms with Crippen molar-refractivity contribution in [1.29, 1.82) is 0 Å². The number of pyridine rings is 1. The maximum absolute atomic E-state index is 5.96. The smallest absolute Gasteiger partial charge is 0.128 e. The van der Waals surface area contributed by atoms with Crippen LogP contribution in [0.4, 0.5) is 5.82 Å². The van der Waals surface area contributed by atoms with Crippen LogP contribution in [0.2, 0.25) is 5.02 Å². The molecule has 1 unspecified atom stereocenters. The summed E-state index contributed by atoms with van der Waals surface area (Å²) in [4.78, 5) is 16.0. The molecule has 5 heteroatoms. The molecule has 0 radical (unpaired) electrons. The highest BCUT2D eigenvalue weighted by molar-refractivity contribution is 6.30. The van der Waals surface area contributed by atoms with Crippen LogP contribution in [-0.4, -0.2) is 28.0 Å². The molecule has 1 saturated heterocycles. The van der Waals surface area contributed by atoms with Crippen LogP contribution in [0.15, 0.2) is 24.5 Å². The molecule has 2 aliphatic rings. The van der Waals surface area contributed by atoms with Crippen molar-refractivity contribution >= 4 is 17.4 Å². The quantitative estimate of drug-likeness (QED) is 0.810. The second kappa shape index (κ2) is 5.20. The summed E-state index contributed by atoms with van der Waals surface area (Å²) in [6, 6.07) is 3.93. The van der Waals surface area contributed by atoms with E-state index >= 15 is 0 Å². The van der Waals surface area contributed by atoms with Crippen molar-refractivity contribution in [1.82, 2.24) is 15.0 Å². The number of hydrogen-bond acceptors (Lipinski definition) is 4. The number of fused-ring (bicyclic) bond motifs is 2. The Morgan fingerprint density at radius 1 is 1.18 bits per heavy atom. The van der Waals surface area contributed by atoms with Gasteiger partial charge in [-0.15, -0.1) is 0 Å². The summed E-state index contributed by atoms with van der Waals surface area (Å²) >= 11 is 5.96. The molecule has 1 aliphatic carbocycles. The molecule has 1 spiro atoms. The van der Waals surface area contributed by atoms with E-state index in [1.165, 1.54) is 30.5 Å². The fourth-order valence-corrected chi connectivity index (χ4v) is 4.02. The molecule has 0 bridgehead atoms. The lowest BCUT2D eigenvalue weighted by atomic mass is 9.77. The molecular weight excluding hydrogens is 296 g/mol. The van der Waals surface area contributed by atoms with Crippen molar-refractivity contribution in [3.63, 3.8) is 0 Å². The summed E-state index contributed by atoms with van der Waals surface area (Å²) in [6.07, 6.45) is 8.40. The summed E-state index contributed by atoms with van der Waals surface area (Å²) < 4.78 is 0. The standard InChI is InChI=1S/C17H19ClN4/c1-12-19-9-13-5-7-17(16(13)21-12)6-2-8-22(11-17)15-4-3-14(18)10-20-15/h3-4,9-10H,2,5-8,11H2,1H3. The van der Waals surface area contributed by atoms with E-state index in [4.69, 9.17) is 16.6 Å². The predicted octanol–water partition coefficient (Wildman–Crippen LogP) is 3.32. The van der Waals surface area contributed by atoms with Gasteiger partial charge in [-0.2, -0.15) is 0 Å². The first-order chi connectivity index (χ1) is 10.7. The van der Waals surface area contributed by atoms with E-state index in [-0.39, 0.29) is 5.41 Å². The van der Waals surface area contributed by atoms with Gasteiger partial charge in [-0.3, -0.25) is 0 Å². The van der Waals surface area contributed by atoms with Gasteiger partial charge in [-0.25, -0.2) is 15.0 Å². The summed E-state index contributed by atoms with van der Waals surface area (Å²) in [6.45, 7) is 4.02. The average molecular weight is 315 g/mol. The number of aromatic nitrogens is 3. The number of rotatable bonds is 1. The summed E-state index contributed by atoms with van der Waals surface area (Å²) in [5, 5.41) is 0.685. The number of aryl methyl sites for hydroxylation is 2. The Bertz CT molecular complexity index is 696. The Labute approximate surface area is 135 Å². The van der Waals surface area contributed by atoms with Crippen molar-refractivity contribution in [2.75, 3.05) is 18.0 Å². The maximum Gasteiger partial charge on any atom is 0.128 e. The normalized spacial score (nSPS) is 23.8. The molecule has 1 atom stereocenters. The Morgan fingerprint density at radius 3 is 2.91 bits per heavy atom. The zero-order valence-electron chi connectivity index (χ0n) is 12.7. The zero-order chi connectivity index (χ0) is 15.2. The van der Waals surface area contributed by atoms with Gasteiger partial charge in [0.2, 0.25) is 0 Å². The van der Waals surface area contributed by atoms with Gasteiger partial charge >= 0.3 is 0 Å². The Morgan fingerprint density at radius 2 is 2.09 bits per heavy atom. The van der Waals surface area contributed by atoms with E-state index < -0.39 is 0 Å². The highest BCUT2D eigenvalue weighted by Gasteiger charge is 2.43. The lowest BCUT2D eigenvalue weighted by Crippen LogP contribution is -2.45. The second-order valence-corrected chi connectivity index (χ2v) is 6.87. The monoisotopic (exact) mass is 314 g/mol. The predicted molar refractivity (Wildman–Crippen MR) is 87.5 cm³/mol. The third kappa shape index (κ3) is 2.26. The molecule has 0 aromatic carbocycles. The Balaban J connectivity index is 1.67. The van der Waals surface area contributed by atoms with Crippen LogP contribution < -0.4 is 4.90 Å². The first-order valence-corrected chi connectivity index (χ1v) is 8.24. The number of anilines is 1. The largest absolute Gasteiger partial charge is 0.356 e. The van der Waals surface area contributed by atoms with E-state index in [0.29, 0.717) is 5.02 Å².